The lowest BCUT2D eigenvalue weighted by Crippen LogP contribution is -2.42. The summed E-state index contributed by atoms with van der Waals surface area (Å²) in [5.74, 6) is 0.553. The molecule has 0 aliphatic carbocycles. The molecular weight excluding hydrogens is 232 g/mol. The van der Waals surface area contributed by atoms with Crippen LogP contribution in [0.4, 0.5) is 0 Å². The summed E-state index contributed by atoms with van der Waals surface area (Å²) >= 11 is 0. The third kappa shape index (κ3) is 5.21. The number of hydrogen-bond acceptors (Lipinski definition) is 3. The van der Waals surface area contributed by atoms with Gasteiger partial charge in [-0.1, -0.05) is 27.2 Å². The molecule has 1 aliphatic rings. The van der Waals surface area contributed by atoms with E-state index in [4.69, 9.17) is 9.47 Å². The quantitative estimate of drug-likeness (QED) is 0.557. The fourth-order valence-electron chi connectivity index (χ4n) is 2.00. The topological polar surface area (TPSA) is 35.5 Å². The average Bonchev–Trinajstić information content (AvgIpc) is 2.26. The Bertz CT molecular complexity index is 247. The molecule has 0 radical (unpaired) electrons. The summed E-state index contributed by atoms with van der Waals surface area (Å²) in [6.45, 7) is 7.04. The van der Waals surface area contributed by atoms with Gasteiger partial charge < -0.3 is 9.47 Å². The zero-order valence-corrected chi connectivity index (χ0v) is 13.6. The molecule has 4 heteroatoms. The Morgan fingerprint density at radius 3 is 2.59 bits per heavy atom. The van der Waals surface area contributed by atoms with E-state index in [9.17, 15) is 4.79 Å². The average molecular weight is 258 g/mol. The molecule has 1 aliphatic heterocycles. The molecule has 100 valence electrons. The summed E-state index contributed by atoms with van der Waals surface area (Å²) < 4.78 is 11.2. The molecule has 1 saturated heterocycles. The minimum atomic E-state index is -0.540. The lowest BCUT2D eigenvalue weighted by Gasteiger charge is -2.34. The van der Waals surface area contributed by atoms with Crippen LogP contribution in [0.1, 0.15) is 52.9 Å². The fourth-order valence-corrected chi connectivity index (χ4v) is 2.76. The molecule has 1 heterocycles. The molecule has 2 unspecified atom stereocenters. The van der Waals surface area contributed by atoms with Crippen LogP contribution in [0.5, 0.6) is 0 Å². The van der Waals surface area contributed by atoms with Gasteiger partial charge in [-0.25, -0.2) is 0 Å². The van der Waals surface area contributed by atoms with Crippen molar-refractivity contribution in [1.29, 1.82) is 0 Å². The molecule has 0 bridgehead atoms. The second-order valence-electron chi connectivity index (χ2n) is 5.73. The van der Waals surface area contributed by atoms with Gasteiger partial charge in [-0.3, -0.25) is 4.79 Å². The van der Waals surface area contributed by atoms with Crippen LogP contribution in [-0.2, 0) is 14.3 Å². The van der Waals surface area contributed by atoms with Crippen molar-refractivity contribution in [3.05, 3.63) is 0 Å². The maximum Gasteiger partial charge on any atom is 0.310 e. The minimum absolute atomic E-state index is 0.00579. The number of esters is 1. The van der Waals surface area contributed by atoms with Crippen molar-refractivity contribution >= 4 is 16.2 Å². The zero-order valence-electron chi connectivity index (χ0n) is 11.6. The molecule has 0 aromatic rings. The molecule has 0 spiro atoms. The third-order valence-corrected chi connectivity index (χ3v) is 4.32. The van der Waals surface area contributed by atoms with Crippen LogP contribution in [0.15, 0.2) is 0 Å². The van der Waals surface area contributed by atoms with Gasteiger partial charge in [-0.2, -0.15) is 0 Å². The number of carbonyl (C=O) groups is 1. The monoisotopic (exact) mass is 258 g/mol. The maximum absolute atomic E-state index is 11.9. The molecule has 0 N–H and O–H groups in total. The summed E-state index contributed by atoms with van der Waals surface area (Å²) in [6, 6.07) is 0. The molecule has 0 saturated carbocycles. The van der Waals surface area contributed by atoms with Gasteiger partial charge >= 0.3 is 5.97 Å². The van der Waals surface area contributed by atoms with E-state index in [1.807, 2.05) is 6.92 Å². The highest BCUT2D eigenvalue weighted by molar-refractivity contribution is 6.14. The third-order valence-electron chi connectivity index (χ3n) is 3.33. The molecule has 1 rings (SSSR count). The number of hydrogen-bond donors (Lipinski definition) is 0. The second kappa shape index (κ2) is 6.54. The van der Waals surface area contributed by atoms with E-state index >= 15 is 0 Å². The van der Waals surface area contributed by atoms with Crippen molar-refractivity contribution in [3.63, 3.8) is 0 Å². The Kier molecular flexibility index (Phi) is 5.66. The predicted molar refractivity (Wildman–Crippen MR) is 71.8 cm³/mol. The van der Waals surface area contributed by atoms with Crippen LogP contribution < -0.4 is 0 Å². The van der Waals surface area contributed by atoms with Crippen molar-refractivity contribution < 1.29 is 14.3 Å². The number of ether oxygens (including phenoxy) is 2. The molecule has 2 atom stereocenters. The molecule has 0 amide bonds. The highest BCUT2D eigenvalue weighted by Crippen LogP contribution is 2.25. The lowest BCUT2D eigenvalue weighted by atomic mass is 9.99. The SMILES string of the molecule is CC(C)CCC(C)C(=O)OC1([SiH3])CCCCO1. The molecule has 0 aromatic heterocycles. The van der Waals surface area contributed by atoms with E-state index in [1.165, 1.54) is 0 Å². The Balaban J connectivity index is 2.36. The standard InChI is InChI=1S/C13H26O3Si/c1-10(2)6-7-11(3)12(14)16-13(17)8-4-5-9-15-13/h10-11H,4-9H2,1-3,17H3. The van der Waals surface area contributed by atoms with E-state index in [0.29, 0.717) is 5.92 Å². The molecular formula is C13H26O3Si. The first-order valence-electron chi connectivity index (χ1n) is 6.80. The van der Waals surface area contributed by atoms with Gasteiger partial charge in [-0.15, -0.1) is 0 Å². The lowest BCUT2D eigenvalue weighted by molar-refractivity contribution is -0.209. The summed E-state index contributed by atoms with van der Waals surface area (Å²) in [5, 5.41) is 0. The van der Waals surface area contributed by atoms with Crippen LogP contribution in [-0.4, -0.2) is 28.2 Å². The van der Waals surface area contributed by atoms with Gasteiger partial charge in [-0.05, 0) is 25.2 Å². The largest absolute Gasteiger partial charge is 0.438 e. The normalized spacial score (nSPS) is 27.1. The first-order chi connectivity index (χ1) is 7.93. The Morgan fingerprint density at radius 1 is 1.35 bits per heavy atom. The van der Waals surface area contributed by atoms with E-state index in [-0.39, 0.29) is 11.9 Å². The Morgan fingerprint density at radius 2 is 2.06 bits per heavy atom. The minimum Gasteiger partial charge on any atom is -0.438 e. The summed E-state index contributed by atoms with van der Waals surface area (Å²) in [4.78, 5) is 11.9. The van der Waals surface area contributed by atoms with Gasteiger partial charge in [0.25, 0.3) is 0 Å². The van der Waals surface area contributed by atoms with Crippen molar-refractivity contribution in [3.8, 4) is 0 Å². The maximum atomic E-state index is 11.9. The zero-order chi connectivity index (χ0) is 12.9. The smallest absolute Gasteiger partial charge is 0.310 e. The molecule has 1 fully saturated rings. The fraction of sp³-hybridized carbons (Fsp3) is 0.923. The van der Waals surface area contributed by atoms with Crippen molar-refractivity contribution in [1.82, 2.24) is 0 Å². The first kappa shape index (κ1) is 14.7. The molecule has 0 aromatic carbocycles. The van der Waals surface area contributed by atoms with E-state index in [0.717, 1.165) is 49.0 Å². The van der Waals surface area contributed by atoms with Gasteiger partial charge in [0, 0.05) is 6.42 Å². The van der Waals surface area contributed by atoms with Crippen molar-refractivity contribution in [2.45, 2.75) is 58.3 Å². The van der Waals surface area contributed by atoms with Crippen LogP contribution in [0.3, 0.4) is 0 Å². The van der Waals surface area contributed by atoms with E-state index in [1.54, 1.807) is 0 Å². The number of carbonyl (C=O) groups excluding carboxylic acids is 1. The summed E-state index contributed by atoms with van der Waals surface area (Å²) in [6.07, 6.45) is 5.06. The summed E-state index contributed by atoms with van der Waals surface area (Å²) in [7, 11) is 0.759. The van der Waals surface area contributed by atoms with Crippen LogP contribution >= 0.6 is 0 Å². The summed E-state index contributed by atoms with van der Waals surface area (Å²) in [5.41, 5.74) is -0.540. The van der Waals surface area contributed by atoms with Crippen molar-refractivity contribution in [2.24, 2.45) is 11.8 Å². The highest BCUT2D eigenvalue weighted by atomic mass is 28.1. The van der Waals surface area contributed by atoms with Crippen LogP contribution in [0, 0.1) is 11.8 Å². The van der Waals surface area contributed by atoms with Crippen LogP contribution in [0.2, 0.25) is 0 Å². The van der Waals surface area contributed by atoms with Crippen molar-refractivity contribution in [2.75, 3.05) is 6.61 Å². The molecule has 17 heavy (non-hydrogen) atoms. The van der Waals surface area contributed by atoms with Gasteiger partial charge in [0.2, 0.25) is 0 Å². The van der Waals surface area contributed by atoms with Gasteiger partial charge in [0.05, 0.1) is 22.8 Å². The van der Waals surface area contributed by atoms with Gasteiger partial charge in [0.15, 0.2) is 5.41 Å². The van der Waals surface area contributed by atoms with E-state index < -0.39 is 5.41 Å². The van der Waals surface area contributed by atoms with Crippen LogP contribution in [0.25, 0.3) is 0 Å². The van der Waals surface area contributed by atoms with Gasteiger partial charge in [0.1, 0.15) is 0 Å². The number of rotatable bonds is 5. The van der Waals surface area contributed by atoms with E-state index in [2.05, 4.69) is 13.8 Å². The molecule has 3 nitrogen and oxygen atoms in total. The first-order valence-corrected chi connectivity index (χ1v) is 7.80. The predicted octanol–water partition coefficient (Wildman–Crippen LogP) is 1.82. The Hall–Kier alpha value is -0.353. The highest BCUT2D eigenvalue weighted by Gasteiger charge is 2.32. The Labute approximate surface area is 108 Å². The second-order valence-corrected chi connectivity index (χ2v) is 7.26.